The van der Waals surface area contributed by atoms with Gasteiger partial charge in [-0.25, -0.2) is 0 Å². The number of carbonyl (C=O) groups excluding carboxylic acids is 1. The molecule has 0 bridgehead atoms. The van der Waals surface area contributed by atoms with Gasteiger partial charge in [0.05, 0.1) is 6.54 Å². The summed E-state index contributed by atoms with van der Waals surface area (Å²) in [6.45, 7) is 3.61. The van der Waals surface area contributed by atoms with Crippen molar-refractivity contribution in [3.05, 3.63) is 84.9 Å². The summed E-state index contributed by atoms with van der Waals surface area (Å²) in [5, 5.41) is 14.4. The second kappa shape index (κ2) is 9.16. The molecule has 0 atom stereocenters. The highest BCUT2D eigenvalue weighted by Gasteiger charge is 2.22. The van der Waals surface area contributed by atoms with E-state index < -0.39 is 0 Å². The van der Waals surface area contributed by atoms with Gasteiger partial charge in [0.1, 0.15) is 5.69 Å². The highest BCUT2D eigenvalue weighted by molar-refractivity contribution is 6.00. The van der Waals surface area contributed by atoms with Crippen LogP contribution in [0.2, 0.25) is 0 Å². The van der Waals surface area contributed by atoms with Crippen LogP contribution in [0.25, 0.3) is 22.0 Å². The number of fused-ring (bicyclic) bond motifs is 1. The van der Waals surface area contributed by atoms with Crippen LogP contribution < -0.4 is 10.2 Å². The quantitative estimate of drug-likeness (QED) is 0.525. The molecule has 1 saturated heterocycles. The Morgan fingerprint density at radius 3 is 2.09 bits per heavy atom. The molecular weight excluding hydrogens is 398 g/mol. The number of nitrogens with one attached hydrogen (secondary N) is 1. The summed E-state index contributed by atoms with van der Waals surface area (Å²) in [5.41, 5.74) is 2.80. The monoisotopic (exact) mass is 423 g/mol. The van der Waals surface area contributed by atoms with Crippen molar-refractivity contribution in [3.8, 4) is 11.3 Å². The SMILES string of the molecule is O=C(CN1CCN(c2nnc(-c3ccccc3)c3ccccc23)CC1)Nc1ccccc1. The summed E-state index contributed by atoms with van der Waals surface area (Å²) >= 11 is 0. The van der Waals surface area contributed by atoms with Gasteiger partial charge in [0.25, 0.3) is 0 Å². The maximum absolute atomic E-state index is 12.4. The molecule has 6 heteroatoms. The molecule has 0 aliphatic carbocycles. The maximum atomic E-state index is 12.4. The molecule has 32 heavy (non-hydrogen) atoms. The second-order valence-corrected chi connectivity index (χ2v) is 7.96. The van der Waals surface area contributed by atoms with Crippen LogP contribution in [-0.4, -0.2) is 53.7 Å². The van der Waals surface area contributed by atoms with Crippen LogP contribution in [-0.2, 0) is 4.79 Å². The fourth-order valence-corrected chi connectivity index (χ4v) is 4.18. The predicted molar refractivity (Wildman–Crippen MR) is 129 cm³/mol. The second-order valence-electron chi connectivity index (χ2n) is 7.96. The number of carbonyl (C=O) groups is 1. The van der Waals surface area contributed by atoms with Gasteiger partial charge in [0.2, 0.25) is 5.91 Å². The van der Waals surface area contributed by atoms with Gasteiger partial charge >= 0.3 is 0 Å². The molecule has 1 fully saturated rings. The average molecular weight is 424 g/mol. The predicted octanol–water partition coefficient (Wildman–Crippen LogP) is 4.06. The van der Waals surface area contributed by atoms with E-state index in [1.165, 1.54) is 0 Å². The number of anilines is 2. The Hall–Kier alpha value is -3.77. The van der Waals surface area contributed by atoms with E-state index in [4.69, 9.17) is 0 Å². The van der Waals surface area contributed by atoms with Crippen molar-refractivity contribution in [2.45, 2.75) is 0 Å². The number of benzene rings is 3. The van der Waals surface area contributed by atoms with Gasteiger partial charge in [-0.15, -0.1) is 10.2 Å². The van der Waals surface area contributed by atoms with E-state index in [0.29, 0.717) is 6.54 Å². The Bertz CT molecular complexity index is 1200. The molecular formula is C26H25N5O. The zero-order chi connectivity index (χ0) is 21.8. The van der Waals surface area contributed by atoms with Gasteiger partial charge in [-0.05, 0) is 12.1 Å². The number of para-hydroxylation sites is 1. The molecule has 1 aromatic heterocycles. The summed E-state index contributed by atoms with van der Waals surface area (Å²) in [5.74, 6) is 0.927. The van der Waals surface area contributed by atoms with Crippen molar-refractivity contribution in [2.75, 3.05) is 42.9 Å². The van der Waals surface area contributed by atoms with Gasteiger partial charge < -0.3 is 10.2 Å². The number of amides is 1. The molecule has 0 unspecified atom stereocenters. The topological polar surface area (TPSA) is 61.4 Å². The van der Waals surface area contributed by atoms with Gasteiger partial charge in [-0.2, -0.15) is 0 Å². The highest BCUT2D eigenvalue weighted by Crippen LogP contribution is 2.31. The van der Waals surface area contributed by atoms with Crippen LogP contribution in [0.3, 0.4) is 0 Å². The van der Waals surface area contributed by atoms with Crippen LogP contribution in [0.5, 0.6) is 0 Å². The first-order valence-electron chi connectivity index (χ1n) is 10.9. The summed E-state index contributed by atoms with van der Waals surface area (Å²) in [7, 11) is 0. The zero-order valence-electron chi connectivity index (χ0n) is 17.8. The number of hydrogen-bond donors (Lipinski definition) is 1. The van der Waals surface area contributed by atoms with Crippen LogP contribution in [0.4, 0.5) is 11.5 Å². The van der Waals surface area contributed by atoms with Crippen LogP contribution >= 0.6 is 0 Å². The number of piperazine rings is 1. The molecule has 0 radical (unpaired) electrons. The molecule has 1 N–H and O–H groups in total. The van der Waals surface area contributed by atoms with Crippen LogP contribution in [0, 0.1) is 0 Å². The van der Waals surface area contributed by atoms with Crippen LogP contribution in [0.15, 0.2) is 84.9 Å². The first-order chi connectivity index (χ1) is 15.8. The molecule has 160 valence electrons. The van der Waals surface area contributed by atoms with Crippen molar-refractivity contribution in [1.29, 1.82) is 0 Å². The highest BCUT2D eigenvalue weighted by atomic mass is 16.2. The van der Waals surface area contributed by atoms with E-state index >= 15 is 0 Å². The minimum Gasteiger partial charge on any atom is -0.352 e. The Morgan fingerprint density at radius 1 is 0.750 bits per heavy atom. The number of aromatic nitrogens is 2. The Labute approximate surface area is 187 Å². The van der Waals surface area contributed by atoms with Crippen molar-refractivity contribution in [1.82, 2.24) is 15.1 Å². The lowest BCUT2D eigenvalue weighted by Crippen LogP contribution is -2.49. The molecule has 0 saturated carbocycles. The first-order valence-corrected chi connectivity index (χ1v) is 10.9. The van der Waals surface area contributed by atoms with E-state index in [1.54, 1.807) is 0 Å². The van der Waals surface area contributed by atoms with E-state index in [1.807, 2.05) is 60.7 Å². The van der Waals surface area contributed by atoms with E-state index in [0.717, 1.165) is 59.7 Å². The third kappa shape index (κ3) is 4.31. The van der Waals surface area contributed by atoms with Gasteiger partial charge in [0.15, 0.2) is 5.82 Å². The first kappa shape index (κ1) is 20.2. The molecule has 1 aliphatic rings. The number of rotatable bonds is 5. The largest absolute Gasteiger partial charge is 0.352 e. The number of nitrogens with zero attached hydrogens (tertiary/aromatic N) is 4. The molecule has 0 spiro atoms. The number of hydrogen-bond acceptors (Lipinski definition) is 5. The van der Waals surface area contributed by atoms with Crippen molar-refractivity contribution in [2.24, 2.45) is 0 Å². The lowest BCUT2D eigenvalue weighted by atomic mass is 10.0. The summed E-state index contributed by atoms with van der Waals surface area (Å²) in [6, 6.07) is 28.1. The summed E-state index contributed by atoms with van der Waals surface area (Å²) in [6.07, 6.45) is 0. The lowest BCUT2D eigenvalue weighted by molar-refractivity contribution is -0.117. The minimum atomic E-state index is 0.0158. The van der Waals surface area contributed by atoms with E-state index in [2.05, 4.69) is 49.6 Å². The van der Waals surface area contributed by atoms with E-state index in [9.17, 15) is 4.79 Å². The Balaban J connectivity index is 1.29. The van der Waals surface area contributed by atoms with Gasteiger partial charge in [-0.3, -0.25) is 9.69 Å². The Kier molecular flexibility index (Phi) is 5.77. The van der Waals surface area contributed by atoms with Crippen molar-refractivity contribution >= 4 is 28.2 Å². The van der Waals surface area contributed by atoms with Gasteiger partial charge in [0, 0.05) is 48.2 Å². The van der Waals surface area contributed by atoms with E-state index in [-0.39, 0.29) is 5.91 Å². The van der Waals surface area contributed by atoms with Crippen molar-refractivity contribution < 1.29 is 4.79 Å². The molecule has 1 aliphatic heterocycles. The fraction of sp³-hybridized carbons (Fsp3) is 0.192. The third-order valence-corrected chi connectivity index (χ3v) is 5.81. The lowest BCUT2D eigenvalue weighted by Gasteiger charge is -2.35. The Morgan fingerprint density at radius 2 is 1.38 bits per heavy atom. The third-order valence-electron chi connectivity index (χ3n) is 5.81. The fourth-order valence-electron chi connectivity index (χ4n) is 4.18. The zero-order valence-corrected chi connectivity index (χ0v) is 17.8. The van der Waals surface area contributed by atoms with Crippen molar-refractivity contribution in [3.63, 3.8) is 0 Å². The molecule has 2 heterocycles. The molecule has 6 nitrogen and oxygen atoms in total. The normalized spacial score (nSPS) is 14.4. The summed E-state index contributed by atoms with van der Waals surface area (Å²) < 4.78 is 0. The summed E-state index contributed by atoms with van der Waals surface area (Å²) in [4.78, 5) is 16.8. The standard InChI is InChI=1S/C26H25N5O/c32-24(27-21-11-5-2-6-12-21)19-30-15-17-31(18-16-30)26-23-14-8-7-13-22(23)25(28-29-26)20-9-3-1-4-10-20/h1-14H,15-19H2,(H,27,32). The maximum Gasteiger partial charge on any atom is 0.238 e. The molecule has 1 amide bonds. The van der Waals surface area contributed by atoms with Gasteiger partial charge in [-0.1, -0.05) is 72.8 Å². The molecule has 3 aromatic carbocycles. The minimum absolute atomic E-state index is 0.0158. The average Bonchev–Trinajstić information content (AvgIpc) is 2.85. The molecule has 4 aromatic rings. The smallest absolute Gasteiger partial charge is 0.238 e. The van der Waals surface area contributed by atoms with Crippen LogP contribution in [0.1, 0.15) is 0 Å². The molecule has 5 rings (SSSR count).